The average molecular weight is 288 g/mol. The third-order valence-corrected chi connectivity index (χ3v) is 4.62. The van der Waals surface area contributed by atoms with Crippen LogP contribution in [-0.4, -0.2) is 29.6 Å². The molecule has 5 nitrogen and oxygen atoms in total. The fourth-order valence-electron chi connectivity index (χ4n) is 3.12. The Morgan fingerprint density at radius 1 is 1.43 bits per heavy atom. The van der Waals surface area contributed by atoms with E-state index < -0.39 is 11.5 Å². The minimum atomic E-state index is -0.606. The Bertz CT molecular complexity index is 575. The molecule has 3 atom stereocenters. The van der Waals surface area contributed by atoms with Crippen LogP contribution in [0, 0.1) is 5.41 Å². The zero-order valence-electron chi connectivity index (χ0n) is 12.1. The summed E-state index contributed by atoms with van der Waals surface area (Å²) in [5, 5.41) is 15.9. The van der Waals surface area contributed by atoms with E-state index in [9.17, 15) is 14.7 Å². The molecule has 1 aliphatic heterocycles. The summed E-state index contributed by atoms with van der Waals surface area (Å²) in [6.07, 6.45) is 0.880. The second-order valence-electron chi connectivity index (χ2n) is 6.26. The van der Waals surface area contributed by atoms with E-state index in [1.807, 2.05) is 31.2 Å². The van der Waals surface area contributed by atoms with Gasteiger partial charge in [-0.05, 0) is 24.5 Å². The number of amides is 2. The smallest absolute Gasteiger partial charge is 0.228 e. The van der Waals surface area contributed by atoms with Gasteiger partial charge in [-0.2, -0.15) is 0 Å². The number of piperidine rings is 1. The number of rotatable bonds is 2. The molecule has 1 aromatic carbocycles. The van der Waals surface area contributed by atoms with Crippen molar-refractivity contribution in [2.24, 2.45) is 5.41 Å². The summed E-state index contributed by atoms with van der Waals surface area (Å²) in [7, 11) is 0. The van der Waals surface area contributed by atoms with Crippen molar-refractivity contribution in [2.75, 3.05) is 6.54 Å². The van der Waals surface area contributed by atoms with E-state index in [0.29, 0.717) is 25.8 Å². The predicted molar refractivity (Wildman–Crippen MR) is 77.4 cm³/mol. The van der Waals surface area contributed by atoms with Crippen LogP contribution < -0.4 is 10.6 Å². The van der Waals surface area contributed by atoms with Gasteiger partial charge in [0.05, 0.1) is 17.6 Å². The summed E-state index contributed by atoms with van der Waals surface area (Å²) in [5.41, 5.74) is 1.46. The minimum Gasteiger partial charge on any atom is -0.390 e. The molecule has 0 bridgehead atoms. The number of fused-ring (bicyclic) bond motifs is 1. The number of aliphatic hydroxyl groups excluding tert-OH is 1. The van der Waals surface area contributed by atoms with Gasteiger partial charge in [-0.3, -0.25) is 9.59 Å². The normalized spacial score (nSPS) is 31.4. The van der Waals surface area contributed by atoms with Crippen molar-refractivity contribution >= 4 is 11.8 Å². The van der Waals surface area contributed by atoms with Crippen LogP contribution in [0.15, 0.2) is 24.3 Å². The van der Waals surface area contributed by atoms with Gasteiger partial charge in [-0.25, -0.2) is 0 Å². The van der Waals surface area contributed by atoms with Gasteiger partial charge in [-0.15, -0.1) is 0 Å². The number of aliphatic hydroxyl groups is 1. The predicted octanol–water partition coefficient (Wildman–Crippen LogP) is 0.677. The van der Waals surface area contributed by atoms with Crippen LogP contribution in [0.25, 0.3) is 0 Å². The zero-order valence-corrected chi connectivity index (χ0v) is 12.1. The van der Waals surface area contributed by atoms with Crippen LogP contribution in [0.1, 0.15) is 36.9 Å². The molecule has 5 heteroatoms. The Labute approximate surface area is 123 Å². The molecular weight excluding hydrogens is 268 g/mol. The maximum Gasteiger partial charge on any atom is 0.228 e. The highest BCUT2D eigenvalue weighted by Gasteiger charge is 2.40. The molecule has 3 rings (SSSR count). The Hall–Kier alpha value is -1.88. The number of benzene rings is 1. The molecule has 112 valence electrons. The molecule has 0 aromatic heterocycles. The molecule has 3 N–H and O–H groups in total. The standard InChI is InChI=1S/C16H20N2O3/c1-16(7-6-13(20)17-9-16)15(21)18-14-11-5-3-2-4-10(11)8-12(14)19/h2-5,12,14,19H,6-9H2,1H3,(H,17,20)(H,18,21)/t12-,14-,16?/m1/s1. The average Bonchev–Trinajstić information content (AvgIpc) is 2.79. The molecule has 1 saturated heterocycles. The topological polar surface area (TPSA) is 78.4 Å². The van der Waals surface area contributed by atoms with E-state index in [2.05, 4.69) is 10.6 Å². The molecule has 1 aliphatic carbocycles. The van der Waals surface area contributed by atoms with Crippen molar-refractivity contribution in [3.8, 4) is 0 Å². The molecule has 1 heterocycles. The maximum absolute atomic E-state index is 12.6. The van der Waals surface area contributed by atoms with Crippen LogP contribution in [0.3, 0.4) is 0 Å². The van der Waals surface area contributed by atoms with Gasteiger partial charge in [0, 0.05) is 19.4 Å². The number of hydrogen-bond donors (Lipinski definition) is 3. The van der Waals surface area contributed by atoms with E-state index in [-0.39, 0.29) is 17.9 Å². The molecule has 0 spiro atoms. The summed E-state index contributed by atoms with van der Waals surface area (Å²) in [6, 6.07) is 7.42. The largest absolute Gasteiger partial charge is 0.390 e. The first-order valence-corrected chi connectivity index (χ1v) is 7.33. The van der Waals surface area contributed by atoms with Crippen molar-refractivity contribution < 1.29 is 14.7 Å². The number of carbonyl (C=O) groups excluding carboxylic acids is 2. The fraction of sp³-hybridized carbons (Fsp3) is 0.500. The summed E-state index contributed by atoms with van der Waals surface area (Å²) in [4.78, 5) is 23.8. The van der Waals surface area contributed by atoms with Crippen LogP contribution in [-0.2, 0) is 16.0 Å². The summed E-state index contributed by atoms with van der Waals surface area (Å²) < 4.78 is 0. The molecule has 2 aliphatic rings. The first-order valence-electron chi connectivity index (χ1n) is 7.33. The summed E-state index contributed by atoms with van der Waals surface area (Å²) in [5.74, 6) is -0.116. The zero-order chi connectivity index (χ0) is 15.0. The van der Waals surface area contributed by atoms with Gasteiger partial charge in [-0.1, -0.05) is 24.3 Å². The van der Waals surface area contributed by atoms with E-state index >= 15 is 0 Å². The van der Waals surface area contributed by atoms with Gasteiger partial charge in [0.25, 0.3) is 0 Å². The first-order chi connectivity index (χ1) is 9.99. The van der Waals surface area contributed by atoms with Crippen molar-refractivity contribution in [3.63, 3.8) is 0 Å². The SMILES string of the molecule is CC1(C(=O)N[C@@H]2c3ccccc3C[C@H]2O)CCC(=O)NC1. The molecule has 0 radical (unpaired) electrons. The lowest BCUT2D eigenvalue weighted by molar-refractivity contribution is -0.135. The van der Waals surface area contributed by atoms with Crippen molar-refractivity contribution in [1.82, 2.24) is 10.6 Å². The number of hydrogen-bond acceptors (Lipinski definition) is 3. The maximum atomic E-state index is 12.6. The number of nitrogens with one attached hydrogen (secondary N) is 2. The van der Waals surface area contributed by atoms with Crippen LogP contribution in [0.2, 0.25) is 0 Å². The quantitative estimate of drug-likeness (QED) is 0.749. The number of carbonyl (C=O) groups is 2. The van der Waals surface area contributed by atoms with E-state index in [0.717, 1.165) is 11.1 Å². The summed E-state index contributed by atoms with van der Waals surface area (Å²) >= 11 is 0. The highest BCUT2D eigenvalue weighted by molar-refractivity contribution is 5.86. The molecule has 1 unspecified atom stereocenters. The monoisotopic (exact) mass is 288 g/mol. The highest BCUT2D eigenvalue weighted by atomic mass is 16.3. The van der Waals surface area contributed by atoms with Crippen LogP contribution >= 0.6 is 0 Å². The molecule has 1 fully saturated rings. The van der Waals surface area contributed by atoms with Gasteiger partial charge in [0.2, 0.25) is 11.8 Å². The Kier molecular flexibility index (Phi) is 3.45. The summed E-state index contributed by atoms with van der Waals surface area (Å²) in [6.45, 7) is 2.21. The third kappa shape index (κ3) is 2.53. The second kappa shape index (κ2) is 5.15. The van der Waals surface area contributed by atoms with Gasteiger partial charge in [0.1, 0.15) is 0 Å². The molecular formula is C16H20N2O3. The lowest BCUT2D eigenvalue weighted by Gasteiger charge is -2.33. The minimum absolute atomic E-state index is 0.00785. The lowest BCUT2D eigenvalue weighted by atomic mass is 9.81. The van der Waals surface area contributed by atoms with E-state index in [4.69, 9.17) is 0 Å². The van der Waals surface area contributed by atoms with Gasteiger partial charge in [0.15, 0.2) is 0 Å². The fourth-order valence-corrected chi connectivity index (χ4v) is 3.12. The Balaban J connectivity index is 1.75. The van der Waals surface area contributed by atoms with Crippen LogP contribution in [0.5, 0.6) is 0 Å². The second-order valence-corrected chi connectivity index (χ2v) is 6.26. The highest BCUT2D eigenvalue weighted by Crippen LogP contribution is 2.33. The van der Waals surface area contributed by atoms with E-state index in [1.165, 1.54) is 0 Å². The van der Waals surface area contributed by atoms with E-state index in [1.54, 1.807) is 0 Å². The lowest BCUT2D eigenvalue weighted by Crippen LogP contribution is -2.51. The Morgan fingerprint density at radius 3 is 2.90 bits per heavy atom. The van der Waals surface area contributed by atoms with Gasteiger partial charge >= 0.3 is 0 Å². The van der Waals surface area contributed by atoms with Crippen molar-refractivity contribution in [3.05, 3.63) is 35.4 Å². The van der Waals surface area contributed by atoms with Crippen LogP contribution in [0.4, 0.5) is 0 Å². The molecule has 2 amide bonds. The van der Waals surface area contributed by atoms with Crippen molar-refractivity contribution in [1.29, 1.82) is 0 Å². The molecule has 0 saturated carbocycles. The first kappa shape index (κ1) is 14.1. The van der Waals surface area contributed by atoms with Gasteiger partial charge < -0.3 is 15.7 Å². The molecule has 21 heavy (non-hydrogen) atoms. The van der Waals surface area contributed by atoms with Crippen molar-refractivity contribution in [2.45, 2.75) is 38.3 Å². The molecule has 1 aromatic rings. The third-order valence-electron chi connectivity index (χ3n) is 4.62. The Morgan fingerprint density at radius 2 is 2.19 bits per heavy atom.